The molecule has 0 fully saturated rings. The first-order valence-corrected chi connectivity index (χ1v) is 5.84. The topological polar surface area (TPSA) is 98.7 Å². The predicted octanol–water partition coefficient (Wildman–Crippen LogP) is -1.03. The van der Waals surface area contributed by atoms with Gasteiger partial charge in [0.2, 0.25) is 0 Å². The van der Waals surface area contributed by atoms with E-state index in [4.69, 9.17) is 5.11 Å². The molecule has 3 unspecified atom stereocenters. The fourth-order valence-electron chi connectivity index (χ4n) is 2.19. The first kappa shape index (κ1) is 12.5. The molecule has 17 heavy (non-hydrogen) atoms. The van der Waals surface area contributed by atoms with Gasteiger partial charge in [-0.2, -0.15) is 0 Å². The molecule has 0 aromatic carbocycles. The zero-order valence-corrected chi connectivity index (χ0v) is 9.53. The van der Waals surface area contributed by atoms with Crippen LogP contribution in [0.1, 0.15) is 30.5 Å². The van der Waals surface area contributed by atoms with Crippen LogP contribution in [0.25, 0.3) is 0 Å². The Kier molecular flexibility index (Phi) is 3.78. The van der Waals surface area contributed by atoms with Crippen molar-refractivity contribution in [2.24, 2.45) is 0 Å². The molecular weight excluding hydrogens is 224 g/mol. The van der Waals surface area contributed by atoms with Gasteiger partial charge < -0.3 is 25.0 Å². The van der Waals surface area contributed by atoms with Crippen LogP contribution in [0.3, 0.4) is 0 Å². The van der Waals surface area contributed by atoms with Crippen LogP contribution in [-0.4, -0.2) is 48.8 Å². The van der Waals surface area contributed by atoms with Crippen LogP contribution in [-0.2, 0) is 12.8 Å². The molecule has 6 heteroatoms. The van der Waals surface area contributed by atoms with E-state index >= 15 is 0 Å². The molecule has 0 amide bonds. The molecule has 96 valence electrons. The Hall–Kier alpha value is -0.950. The fourth-order valence-corrected chi connectivity index (χ4v) is 2.19. The van der Waals surface area contributed by atoms with Gasteiger partial charge >= 0.3 is 0 Å². The molecule has 0 aliphatic heterocycles. The normalized spacial score (nSPS) is 20.7. The van der Waals surface area contributed by atoms with Crippen molar-refractivity contribution in [3.05, 3.63) is 17.7 Å². The highest BCUT2D eigenvalue weighted by atomic mass is 16.4. The van der Waals surface area contributed by atoms with Crippen molar-refractivity contribution >= 4 is 0 Å². The minimum absolute atomic E-state index is 0.588. The molecule has 3 atom stereocenters. The van der Waals surface area contributed by atoms with Crippen molar-refractivity contribution in [3.8, 4) is 0 Å². The van der Waals surface area contributed by atoms with Crippen molar-refractivity contribution in [3.63, 3.8) is 0 Å². The van der Waals surface area contributed by atoms with Crippen LogP contribution in [0, 0.1) is 0 Å². The molecule has 0 spiro atoms. The Bertz CT molecular complexity index is 380. The summed E-state index contributed by atoms with van der Waals surface area (Å²) < 4.78 is 1.48. The third-order valence-electron chi connectivity index (χ3n) is 3.23. The summed E-state index contributed by atoms with van der Waals surface area (Å²) in [5, 5.41) is 37.6. The van der Waals surface area contributed by atoms with Crippen molar-refractivity contribution in [2.45, 2.75) is 44.1 Å². The molecule has 0 bridgehead atoms. The summed E-state index contributed by atoms with van der Waals surface area (Å²) in [4.78, 5) is 4.19. The highest BCUT2D eigenvalue weighted by molar-refractivity contribution is 5.17. The standard InChI is InChI=1S/C11H18N2O4/c14-5-9(15)10(16)11(17)13-6-12-7-3-1-2-4-8(7)13/h6,9-11,14-17H,1-5H2. The Morgan fingerprint density at radius 3 is 2.65 bits per heavy atom. The van der Waals surface area contributed by atoms with E-state index < -0.39 is 25.0 Å². The van der Waals surface area contributed by atoms with Crippen molar-refractivity contribution < 1.29 is 20.4 Å². The largest absolute Gasteiger partial charge is 0.394 e. The number of aryl methyl sites for hydroxylation is 1. The summed E-state index contributed by atoms with van der Waals surface area (Å²) in [6, 6.07) is 0. The first-order chi connectivity index (χ1) is 8.15. The lowest BCUT2D eigenvalue weighted by Crippen LogP contribution is -2.37. The second-order valence-corrected chi connectivity index (χ2v) is 4.41. The van der Waals surface area contributed by atoms with E-state index in [2.05, 4.69) is 4.98 Å². The van der Waals surface area contributed by atoms with Crippen LogP contribution in [0.15, 0.2) is 6.33 Å². The van der Waals surface area contributed by atoms with E-state index in [1.807, 2.05) is 0 Å². The Balaban J connectivity index is 2.19. The lowest BCUT2D eigenvalue weighted by atomic mass is 10.0. The zero-order valence-electron chi connectivity index (χ0n) is 9.53. The number of fused-ring (bicyclic) bond motifs is 1. The summed E-state index contributed by atoms with van der Waals surface area (Å²) in [5.41, 5.74) is 1.86. The predicted molar refractivity (Wildman–Crippen MR) is 59.2 cm³/mol. The molecule has 4 N–H and O–H groups in total. The van der Waals surface area contributed by atoms with Crippen LogP contribution >= 0.6 is 0 Å². The number of aliphatic hydroxyl groups is 4. The highest BCUT2D eigenvalue weighted by Gasteiger charge is 2.28. The second kappa shape index (κ2) is 5.14. The molecule has 0 saturated heterocycles. The number of aromatic nitrogens is 2. The van der Waals surface area contributed by atoms with Crippen LogP contribution < -0.4 is 0 Å². The van der Waals surface area contributed by atoms with Crippen molar-refractivity contribution in [1.82, 2.24) is 9.55 Å². The quantitative estimate of drug-likeness (QED) is 0.541. The molecule has 0 radical (unpaired) electrons. The number of imidazole rings is 1. The number of hydrogen-bond donors (Lipinski definition) is 4. The van der Waals surface area contributed by atoms with E-state index in [-0.39, 0.29) is 0 Å². The second-order valence-electron chi connectivity index (χ2n) is 4.41. The highest BCUT2D eigenvalue weighted by Crippen LogP contribution is 2.24. The average Bonchev–Trinajstić information content (AvgIpc) is 2.79. The lowest BCUT2D eigenvalue weighted by molar-refractivity contribution is -0.105. The van der Waals surface area contributed by atoms with Crippen LogP contribution in [0.5, 0.6) is 0 Å². The summed E-state index contributed by atoms with van der Waals surface area (Å²) in [5.74, 6) is 0. The Morgan fingerprint density at radius 1 is 1.24 bits per heavy atom. The molecule has 0 saturated carbocycles. The molecule has 2 rings (SSSR count). The zero-order chi connectivity index (χ0) is 12.4. The minimum atomic E-state index is -1.42. The fraction of sp³-hybridized carbons (Fsp3) is 0.727. The van der Waals surface area contributed by atoms with Gasteiger partial charge in [0.25, 0.3) is 0 Å². The third kappa shape index (κ3) is 2.35. The molecule has 1 aromatic rings. The molecule has 6 nitrogen and oxygen atoms in total. The molecule has 1 aliphatic carbocycles. The summed E-state index contributed by atoms with van der Waals surface area (Å²) in [6.07, 6.45) is 1.25. The van der Waals surface area contributed by atoms with E-state index in [1.165, 1.54) is 10.9 Å². The minimum Gasteiger partial charge on any atom is -0.394 e. The summed E-state index contributed by atoms with van der Waals surface area (Å²) in [7, 11) is 0. The van der Waals surface area contributed by atoms with Gasteiger partial charge in [0, 0.05) is 5.69 Å². The number of hydrogen-bond acceptors (Lipinski definition) is 5. The Morgan fingerprint density at radius 2 is 1.94 bits per heavy atom. The molecular formula is C11H18N2O4. The van der Waals surface area contributed by atoms with Crippen molar-refractivity contribution in [1.29, 1.82) is 0 Å². The maximum Gasteiger partial charge on any atom is 0.160 e. The molecule has 1 aromatic heterocycles. The monoisotopic (exact) mass is 242 g/mol. The van der Waals surface area contributed by atoms with Crippen LogP contribution in [0.2, 0.25) is 0 Å². The van der Waals surface area contributed by atoms with Gasteiger partial charge in [0.05, 0.1) is 18.6 Å². The Labute approximate surface area is 99.2 Å². The van der Waals surface area contributed by atoms with E-state index in [0.29, 0.717) is 0 Å². The first-order valence-electron chi connectivity index (χ1n) is 5.84. The van der Waals surface area contributed by atoms with Gasteiger partial charge in [-0.1, -0.05) is 0 Å². The van der Waals surface area contributed by atoms with E-state index in [9.17, 15) is 15.3 Å². The van der Waals surface area contributed by atoms with Gasteiger partial charge in [-0.3, -0.25) is 0 Å². The van der Waals surface area contributed by atoms with E-state index in [1.54, 1.807) is 0 Å². The van der Waals surface area contributed by atoms with Crippen molar-refractivity contribution in [2.75, 3.05) is 6.61 Å². The van der Waals surface area contributed by atoms with Gasteiger partial charge in [-0.25, -0.2) is 4.98 Å². The van der Waals surface area contributed by atoms with Gasteiger partial charge in [-0.15, -0.1) is 0 Å². The smallest absolute Gasteiger partial charge is 0.160 e. The number of nitrogens with zero attached hydrogens (tertiary/aromatic N) is 2. The molecule has 1 heterocycles. The maximum absolute atomic E-state index is 9.94. The van der Waals surface area contributed by atoms with E-state index in [0.717, 1.165) is 37.1 Å². The lowest BCUT2D eigenvalue weighted by Gasteiger charge is -2.25. The summed E-state index contributed by atoms with van der Waals surface area (Å²) >= 11 is 0. The molecule has 1 aliphatic rings. The van der Waals surface area contributed by atoms with Gasteiger partial charge in [0.1, 0.15) is 12.2 Å². The SMILES string of the molecule is OCC(O)C(O)C(O)n1cnc2c1CCCC2. The average molecular weight is 242 g/mol. The van der Waals surface area contributed by atoms with Gasteiger partial charge in [0.15, 0.2) is 6.23 Å². The summed E-state index contributed by atoms with van der Waals surface area (Å²) in [6.45, 7) is -0.588. The van der Waals surface area contributed by atoms with Gasteiger partial charge in [-0.05, 0) is 25.7 Å². The number of aliphatic hydroxyl groups excluding tert-OH is 4. The maximum atomic E-state index is 9.94. The van der Waals surface area contributed by atoms with Crippen LogP contribution in [0.4, 0.5) is 0 Å². The number of rotatable bonds is 4. The third-order valence-corrected chi connectivity index (χ3v) is 3.23.